The lowest BCUT2D eigenvalue weighted by Gasteiger charge is -2.26. The quantitative estimate of drug-likeness (QED) is 0.163. The lowest BCUT2D eigenvalue weighted by atomic mass is 9.78. The van der Waals surface area contributed by atoms with E-state index in [0.717, 1.165) is 11.8 Å². The standard InChI is InChI=1S/C53H38N2/c1-3-53(2)47-21-13-12-18-39(47)40-26-24-38(32-48(40)53)55-49-27-23-37(30-44(49)46-33-54-29-28-50(46)55)36-22-25-43-45(31-36)52(35-16-8-5-9-17-35)42-20-11-10-19-41(42)51(43)34-14-6-4-7-15-34/h4-33H,3H2,1-2H3. The first kappa shape index (κ1) is 31.7. The molecule has 2 nitrogen and oxygen atoms in total. The van der Waals surface area contributed by atoms with Gasteiger partial charge in [-0.3, -0.25) is 4.98 Å². The average Bonchev–Trinajstić information content (AvgIpc) is 3.72. The van der Waals surface area contributed by atoms with Gasteiger partial charge in [-0.1, -0.05) is 147 Å². The first-order valence-electron chi connectivity index (χ1n) is 19.3. The third-order valence-electron chi connectivity index (χ3n) is 12.4. The molecule has 55 heavy (non-hydrogen) atoms. The number of aromatic nitrogens is 2. The highest BCUT2D eigenvalue weighted by Crippen LogP contribution is 2.51. The Bertz CT molecular complexity index is 3140. The predicted molar refractivity (Wildman–Crippen MR) is 232 cm³/mol. The number of nitrogens with zero attached hydrogens (tertiary/aromatic N) is 2. The molecule has 0 saturated carbocycles. The van der Waals surface area contributed by atoms with Crippen LogP contribution in [0.15, 0.2) is 182 Å². The number of rotatable bonds is 5. The SMILES string of the molecule is CCC1(C)c2ccccc2-c2ccc(-n3c4ccncc4c4cc(-c5ccc6c(-c7ccccc7)c7ccccc7c(-c7ccccc7)c6c5)ccc43)cc21. The molecule has 0 amide bonds. The van der Waals surface area contributed by atoms with E-state index < -0.39 is 0 Å². The van der Waals surface area contributed by atoms with Gasteiger partial charge in [0.25, 0.3) is 0 Å². The highest BCUT2D eigenvalue weighted by molar-refractivity contribution is 6.22. The minimum absolute atomic E-state index is 0.0319. The van der Waals surface area contributed by atoms with E-state index >= 15 is 0 Å². The van der Waals surface area contributed by atoms with Gasteiger partial charge < -0.3 is 4.57 Å². The molecular formula is C53H38N2. The topological polar surface area (TPSA) is 17.8 Å². The number of pyridine rings is 1. The van der Waals surface area contributed by atoms with Crippen LogP contribution in [0.5, 0.6) is 0 Å². The fourth-order valence-electron chi connectivity index (χ4n) is 9.60. The van der Waals surface area contributed by atoms with Crippen molar-refractivity contribution in [2.24, 2.45) is 0 Å². The smallest absolute Gasteiger partial charge is 0.0571 e. The molecule has 1 aliphatic carbocycles. The van der Waals surface area contributed by atoms with E-state index in [4.69, 9.17) is 0 Å². The Morgan fingerprint density at radius 3 is 1.76 bits per heavy atom. The van der Waals surface area contributed by atoms with E-state index in [0.29, 0.717) is 0 Å². The van der Waals surface area contributed by atoms with E-state index in [-0.39, 0.29) is 5.41 Å². The van der Waals surface area contributed by atoms with Crippen molar-refractivity contribution in [2.45, 2.75) is 25.7 Å². The second-order valence-corrected chi connectivity index (χ2v) is 15.2. The van der Waals surface area contributed by atoms with Gasteiger partial charge in [0.15, 0.2) is 0 Å². The number of hydrogen-bond donors (Lipinski definition) is 0. The summed E-state index contributed by atoms with van der Waals surface area (Å²) in [6.07, 6.45) is 4.99. The van der Waals surface area contributed by atoms with Crippen molar-refractivity contribution >= 4 is 43.4 Å². The summed E-state index contributed by atoms with van der Waals surface area (Å²) in [4.78, 5) is 4.63. The lowest BCUT2D eigenvalue weighted by molar-refractivity contribution is 0.564. The van der Waals surface area contributed by atoms with Crippen molar-refractivity contribution in [2.75, 3.05) is 0 Å². The fraction of sp³-hybridized carbons (Fsp3) is 0.0755. The predicted octanol–water partition coefficient (Wildman–Crippen LogP) is 14.2. The molecular weight excluding hydrogens is 665 g/mol. The maximum Gasteiger partial charge on any atom is 0.0571 e. The molecule has 0 aliphatic heterocycles. The summed E-state index contributed by atoms with van der Waals surface area (Å²) in [5.41, 5.74) is 16.4. The van der Waals surface area contributed by atoms with Crippen LogP contribution in [-0.4, -0.2) is 9.55 Å². The zero-order valence-corrected chi connectivity index (χ0v) is 30.9. The summed E-state index contributed by atoms with van der Waals surface area (Å²) in [6, 6.07) is 62.8. The molecule has 0 fully saturated rings. The highest BCUT2D eigenvalue weighted by atomic mass is 15.0. The Morgan fingerprint density at radius 1 is 0.455 bits per heavy atom. The molecule has 1 unspecified atom stereocenters. The summed E-state index contributed by atoms with van der Waals surface area (Å²) in [5, 5.41) is 7.40. The molecule has 10 aromatic rings. The van der Waals surface area contributed by atoms with Crippen LogP contribution in [0.3, 0.4) is 0 Å². The maximum absolute atomic E-state index is 4.63. The molecule has 0 saturated heterocycles. The van der Waals surface area contributed by atoms with Crippen LogP contribution in [0.2, 0.25) is 0 Å². The molecule has 2 heteroatoms. The summed E-state index contributed by atoms with van der Waals surface area (Å²) in [5.74, 6) is 0. The van der Waals surface area contributed by atoms with Gasteiger partial charge >= 0.3 is 0 Å². The van der Waals surface area contributed by atoms with E-state index in [1.807, 2.05) is 12.4 Å². The maximum atomic E-state index is 4.63. The van der Waals surface area contributed by atoms with Gasteiger partial charge in [-0.05, 0) is 120 Å². The first-order valence-corrected chi connectivity index (χ1v) is 19.3. The highest BCUT2D eigenvalue weighted by Gasteiger charge is 2.38. The van der Waals surface area contributed by atoms with Crippen LogP contribution in [0, 0.1) is 0 Å². The normalized spacial score (nSPS) is 14.9. The molecule has 1 atom stereocenters. The van der Waals surface area contributed by atoms with Crippen molar-refractivity contribution in [1.82, 2.24) is 9.55 Å². The Hall–Kier alpha value is -6.77. The fourth-order valence-corrected chi connectivity index (χ4v) is 9.60. The Balaban J connectivity index is 1.13. The number of benzene rings is 8. The van der Waals surface area contributed by atoms with E-state index in [2.05, 4.69) is 193 Å². The van der Waals surface area contributed by atoms with E-state index in [1.165, 1.54) is 99.3 Å². The second kappa shape index (κ2) is 12.1. The molecule has 260 valence electrons. The average molecular weight is 703 g/mol. The molecule has 1 aliphatic rings. The van der Waals surface area contributed by atoms with Gasteiger partial charge in [0.2, 0.25) is 0 Å². The van der Waals surface area contributed by atoms with Gasteiger partial charge in [-0.15, -0.1) is 0 Å². The zero-order valence-electron chi connectivity index (χ0n) is 30.9. The van der Waals surface area contributed by atoms with Crippen LogP contribution in [-0.2, 0) is 5.41 Å². The van der Waals surface area contributed by atoms with Gasteiger partial charge in [0, 0.05) is 34.3 Å². The molecule has 0 N–H and O–H groups in total. The largest absolute Gasteiger partial charge is 0.309 e. The molecule has 8 aromatic carbocycles. The second-order valence-electron chi connectivity index (χ2n) is 15.2. The van der Waals surface area contributed by atoms with Crippen molar-refractivity contribution in [3.8, 4) is 50.2 Å². The summed E-state index contributed by atoms with van der Waals surface area (Å²) in [7, 11) is 0. The van der Waals surface area contributed by atoms with Gasteiger partial charge in [0.1, 0.15) is 0 Å². The van der Waals surface area contributed by atoms with Crippen LogP contribution in [0.4, 0.5) is 0 Å². The summed E-state index contributed by atoms with van der Waals surface area (Å²) >= 11 is 0. The van der Waals surface area contributed by atoms with E-state index in [9.17, 15) is 0 Å². The molecule has 0 radical (unpaired) electrons. The molecule has 0 bridgehead atoms. The molecule has 11 rings (SSSR count). The van der Waals surface area contributed by atoms with E-state index in [1.54, 1.807) is 0 Å². The Labute approximate surface area is 321 Å². The van der Waals surface area contributed by atoms with Crippen LogP contribution >= 0.6 is 0 Å². The Kier molecular flexibility index (Phi) is 7.00. The lowest BCUT2D eigenvalue weighted by Crippen LogP contribution is -2.19. The van der Waals surface area contributed by atoms with Crippen LogP contribution < -0.4 is 0 Å². The van der Waals surface area contributed by atoms with Crippen LogP contribution in [0.25, 0.3) is 93.5 Å². The molecule has 2 aromatic heterocycles. The van der Waals surface area contributed by atoms with Crippen molar-refractivity contribution in [1.29, 1.82) is 0 Å². The Morgan fingerprint density at radius 2 is 1.04 bits per heavy atom. The number of fused-ring (bicyclic) bond motifs is 8. The van der Waals surface area contributed by atoms with Gasteiger partial charge in [0.05, 0.1) is 11.0 Å². The van der Waals surface area contributed by atoms with Gasteiger partial charge in [-0.2, -0.15) is 0 Å². The number of hydrogen-bond acceptors (Lipinski definition) is 1. The molecule has 0 spiro atoms. The van der Waals surface area contributed by atoms with Crippen molar-refractivity contribution in [3.05, 3.63) is 193 Å². The van der Waals surface area contributed by atoms with Gasteiger partial charge in [-0.25, -0.2) is 0 Å². The third kappa shape index (κ3) is 4.64. The molecule has 2 heterocycles. The van der Waals surface area contributed by atoms with Crippen molar-refractivity contribution < 1.29 is 0 Å². The van der Waals surface area contributed by atoms with Crippen molar-refractivity contribution in [3.63, 3.8) is 0 Å². The minimum Gasteiger partial charge on any atom is -0.309 e. The first-order chi connectivity index (χ1) is 27.1. The zero-order chi connectivity index (χ0) is 36.7. The monoisotopic (exact) mass is 702 g/mol. The van der Waals surface area contributed by atoms with Crippen LogP contribution in [0.1, 0.15) is 31.4 Å². The third-order valence-corrected chi connectivity index (χ3v) is 12.4. The summed E-state index contributed by atoms with van der Waals surface area (Å²) < 4.78 is 2.43. The minimum atomic E-state index is -0.0319. The summed E-state index contributed by atoms with van der Waals surface area (Å²) in [6.45, 7) is 4.72.